The van der Waals surface area contributed by atoms with Gasteiger partial charge in [0.15, 0.2) is 11.5 Å². The zero-order valence-electron chi connectivity index (χ0n) is 12.6. The molecule has 1 saturated carbocycles. The van der Waals surface area contributed by atoms with Gasteiger partial charge in [0.1, 0.15) is 13.2 Å². The van der Waals surface area contributed by atoms with E-state index in [1.165, 1.54) is 31.2 Å². The number of benzene rings is 1. The van der Waals surface area contributed by atoms with E-state index in [0.29, 0.717) is 25.2 Å². The van der Waals surface area contributed by atoms with Crippen molar-refractivity contribution in [2.75, 3.05) is 19.8 Å². The van der Waals surface area contributed by atoms with Crippen molar-refractivity contribution in [3.63, 3.8) is 0 Å². The first-order valence-electron chi connectivity index (χ1n) is 7.77. The maximum absolute atomic E-state index is 6.14. The molecule has 1 aliphatic carbocycles. The van der Waals surface area contributed by atoms with Gasteiger partial charge in [-0.25, -0.2) is 0 Å². The van der Waals surface area contributed by atoms with Crippen LogP contribution in [0.5, 0.6) is 11.5 Å². The van der Waals surface area contributed by atoms with E-state index < -0.39 is 0 Å². The highest BCUT2D eigenvalue weighted by molar-refractivity contribution is 5.47. The second-order valence-electron chi connectivity index (χ2n) is 6.40. The molecule has 0 radical (unpaired) electrons. The minimum absolute atomic E-state index is 0.141. The molecule has 0 amide bonds. The number of nitrogens with two attached hydrogens (primary N) is 1. The van der Waals surface area contributed by atoms with Crippen molar-refractivity contribution in [3.8, 4) is 11.5 Å². The summed E-state index contributed by atoms with van der Waals surface area (Å²) in [5, 5.41) is 0. The highest BCUT2D eigenvalue weighted by atomic mass is 16.6. The molecule has 1 heterocycles. The fraction of sp³-hybridized carbons (Fsp3) is 0.647. The van der Waals surface area contributed by atoms with Crippen LogP contribution < -0.4 is 15.2 Å². The molecule has 1 aliphatic heterocycles. The van der Waals surface area contributed by atoms with Gasteiger partial charge in [0.05, 0.1) is 0 Å². The molecule has 2 N–H and O–H groups in total. The molecule has 1 aromatic carbocycles. The van der Waals surface area contributed by atoms with Crippen molar-refractivity contribution in [2.24, 2.45) is 11.1 Å². The largest absolute Gasteiger partial charge is 0.486 e. The van der Waals surface area contributed by atoms with E-state index in [2.05, 4.69) is 26.0 Å². The van der Waals surface area contributed by atoms with Crippen molar-refractivity contribution in [3.05, 3.63) is 23.8 Å². The van der Waals surface area contributed by atoms with E-state index in [0.717, 1.165) is 11.5 Å². The lowest BCUT2D eigenvalue weighted by molar-refractivity contribution is 0.0180. The van der Waals surface area contributed by atoms with Crippen LogP contribution in [-0.4, -0.2) is 19.8 Å². The van der Waals surface area contributed by atoms with Gasteiger partial charge in [-0.05, 0) is 36.0 Å². The van der Waals surface area contributed by atoms with Crippen LogP contribution >= 0.6 is 0 Å². The molecule has 20 heavy (non-hydrogen) atoms. The molecular weight excluding hydrogens is 250 g/mol. The molecule has 3 nitrogen and oxygen atoms in total. The van der Waals surface area contributed by atoms with E-state index in [1.54, 1.807) is 0 Å². The summed E-state index contributed by atoms with van der Waals surface area (Å²) < 4.78 is 11.3. The molecule has 0 spiro atoms. The van der Waals surface area contributed by atoms with Gasteiger partial charge >= 0.3 is 0 Å². The summed E-state index contributed by atoms with van der Waals surface area (Å²) in [6.07, 6.45) is 4.89. The van der Waals surface area contributed by atoms with Gasteiger partial charge < -0.3 is 15.2 Å². The zero-order chi connectivity index (χ0) is 14.2. The first-order chi connectivity index (χ1) is 9.67. The van der Waals surface area contributed by atoms with Crippen LogP contribution in [0.3, 0.4) is 0 Å². The van der Waals surface area contributed by atoms with Crippen molar-refractivity contribution in [2.45, 2.75) is 44.9 Å². The lowest BCUT2D eigenvalue weighted by Crippen LogP contribution is -2.53. The topological polar surface area (TPSA) is 44.5 Å². The zero-order valence-corrected chi connectivity index (χ0v) is 12.6. The molecule has 2 aliphatic rings. The quantitative estimate of drug-likeness (QED) is 0.917. The van der Waals surface area contributed by atoms with Gasteiger partial charge in [0.2, 0.25) is 0 Å². The number of hydrogen-bond acceptors (Lipinski definition) is 3. The van der Waals surface area contributed by atoms with Crippen LogP contribution in [0.4, 0.5) is 0 Å². The van der Waals surface area contributed by atoms with Crippen molar-refractivity contribution < 1.29 is 9.47 Å². The summed E-state index contributed by atoms with van der Waals surface area (Å²) >= 11 is 0. The van der Waals surface area contributed by atoms with Crippen molar-refractivity contribution in [1.82, 2.24) is 0 Å². The van der Waals surface area contributed by atoms with Gasteiger partial charge in [-0.1, -0.05) is 32.8 Å². The summed E-state index contributed by atoms with van der Waals surface area (Å²) in [4.78, 5) is 0. The van der Waals surface area contributed by atoms with Gasteiger partial charge in [0, 0.05) is 12.0 Å². The van der Waals surface area contributed by atoms with E-state index in [1.807, 2.05) is 6.07 Å². The maximum Gasteiger partial charge on any atom is 0.161 e. The fourth-order valence-corrected chi connectivity index (χ4v) is 3.97. The van der Waals surface area contributed by atoms with Crippen LogP contribution in [0, 0.1) is 5.41 Å². The summed E-state index contributed by atoms with van der Waals surface area (Å²) in [6, 6.07) is 6.37. The summed E-state index contributed by atoms with van der Waals surface area (Å²) in [5.41, 5.74) is 8.09. The van der Waals surface area contributed by atoms with Gasteiger partial charge in [-0.3, -0.25) is 0 Å². The van der Waals surface area contributed by atoms with Crippen LogP contribution in [-0.2, 0) is 5.41 Å². The Hall–Kier alpha value is -1.22. The number of ether oxygens (including phenoxy) is 2. The van der Waals surface area contributed by atoms with E-state index in [4.69, 9.17) is 15.2 Å². The first kappa shape index (κ1) is 13.7. The molecule has 1 aromatic rings. The van der Waals surface area contributed by atoms with Gasteiger partial charge in [-0.15, -0.1) is 0 Å². The Bertz CT molecular complexity index is 486. The van der Waals surface area contributed by atoms with Gasteiger partial charge in [-0.2, -0.15) is 0 Å². The average molecular weight is 275 g/mol. The molecule has 3 heteroatoms. The Morgan fingerprint density at radius 3 is 2.30 bits per heavy atom. The SMILES string of the molecule is CCC1(CC)CC(CN)(c2ccc3c(c2)OCCO3)C1. The monoisotopic (exact) mass is 275 g/mol. The molecule has 0 aromatic heterocycles. The summed E-state index contributed by atoms with van der Waals surface area (Å²) in [5.74, 6) is 1.75. The standard InChI is InChI=1S/C17H25NO2/c1-3-16(4-2)10-17(11-16,12-18)13-5-6-14-15(9-13)20-8-7-19-14/h5-6,9H,3-4,7-8,10-12,18H2,1-2H3. The minimum Gasteiger partial charge on any atom is -0.486 e. The lowest BCUT2D eigenvalue weighted by Gasteiger charge is -2.56. The smallest absolute Gasteiger partial charge is 0.161 e. The second-order valence-corrected chi connectivity index (χ2v) is 6.40. The summed E-state index contributed by atoms with van der Waals surface area (Å²) in [7, 11) is 0. The average Bonchev–Trinajstić information content (AvgIpc) is 2.48. The Morgan fingerprint density at radius 2 is 1.70 bits per heavy atom. The Morgan fingerprint density at radius 1 is 1.05 bits per heavy atom. The summed E-state index contributed by atoms with van der Waals surface area (Å²) in [6.45, 7) is 6.60. The Labute approximate surface area is 121 Å². The van der Waals surface area contributed by atoms with E-state index >= 15 is 0 Å². The van der Waals surface area contributed by atoms with E-state index in [9.17, 15) is 0 Å². The third-order valence-electron chi connectivity index (χ3n) is 5.47. The third-order valence-corrected chi connectivity index (χ3v) is 5.47. The predicted molar refractivity (Wildman–Crippen MR) is 80.4 cm³/mol. The van der Waals surface area contributed by atoms with Crippen LogP contribution in [0.25, 0.3) is 0 Å². The second kappa shape index (κ2) is 4.96. The molecule has 3 rings (SSSR count). The molecule has 110 valence electrons. The predicted octanol–water partition coefficient (Wildman–Crippen LogP) is 3.25. The van der Waals surface area contributed by atoms with Crippen LogP contribution in [0.2, 0.25) is 0 Å². The Kier molecular flexibility index (Phi) is 3.41. The lowest BCUT2D eigenvalue weighted by atomic mass is 9.48. The van der Waals surface area contributed by atoms with Crippen LogP contribution in [0.1, 0.15) is 45.1 Å². The maximum atomic E-state index is 6.14. The first-order valence-corrected chi connectivity index (χ1v) is 7.77. The van der Waals surface area contributed by atoms with Crippen LogP contribution in [0.15, 0.2) is 18.2 Å². The molecule has 0 unspecified atom stereocenters. The number of rotatable bonds is 4. The molecule has 0 saturated heterocycles. The molecular formula is C17H25NO2. The Balaban J connectivity index is 1.88. The molecule has 0 bridgehead atoms. The molecule has 1 fully saturated rings. The number of fused-ring (bicyclic) bond motifs is 1. The highest BCUT2D eigenvalue weighted by Gasteiger charge is 2.52. The van der Waals surface area contributed by atoms with Crippen molar-refractivity contribution >= 4 is 0 Å². The van der Waals surface area contributed by atoms with Gasteiger partial charge in [0.25, 0.3) is 0 Å². The highest BCUT2D eigenvalue weighted by Crippen LogP contribution is 2.59. The minimum atomic E-state index is 0.141. The molecule has 0 atom stereocenters. The number of hydrogen-bond donors (Lipinski definition) is 1. The third kappa shape index (κ3) is 1.99. The van der Waals surface area contributed by atoms with E-state index in [-0.39, 0.29) is 5.41 Å². The van der Waals surface area contributed by atoms with Crippen molar-refractivity contribution in [1.29, 1.82) is 0 Å². The fourth-order valence-electron chi connectivity index (χ4n) is 3.97. The normalized spacial score (nSPS) is 22.1.